The third-order valence-electron chi connectivity index (χ3n) is 2.19. The number of anilines is 1. The molecule has 0 fully saturated rings. The lowest BCUT2D eigenvalue weighted by atomic mass is 10.2. The predicted molar refractivity (Wildman–Crippen MR) is 68.9 cm³/mol. The molecule has 2 aromatic heterocycles. The van der Waals surface area contributed by atoms with Crippen LogP contribution in [-0.2, 0) is 4.79 Å². The van der Waals surface area contributed by atoms with Crippen LogP contribution in [-0.4, -0.2) is 36.7 Å². The van der Waals surface area contributed by atoms with Gasteiger partial charge in [-0.2, -0.15) is 20.1 Å². The van der Waals surface area contributed by atoms with Crippen molar-refractivity contribution < 1.29 is 4.79 Å². The molecule has 0 aliphatic rings. The Hall–Kier alpha value is -2.22. The second-order valence-electron chi connectivity index (χ2n) is 3.89. The Bertz CT molecular complexity index is 571. The van der Waals surface area contributed by atoms with E-state index in [0.29, 0.717) is 5.95 Å². The summed E-state index contributed by atoms with van der Waals surface area (Å²) < 4.78 is 1.46. The van der Waals surface area contributed by atoms with E-state index < -0.39 is 5.91 Å². The summed E-state index contributed by atoms with van der Waals surface area (Å²) in [6, 6.07) is 1.53. The van der Waals surface area contributed by atoms with Crippen LogP contribution in [0.15, 0.2) is 18.5 Å². The molecule has 2 rings (SSSR count). The highest BCUT2D eigenvalue weighted by atomic mass is 35.5. The summed E-state index contributed by atoms with van der Waals surface area (Å²) >= 11 is 5.82. The molecule has 0 spiro atoms. The number of carbonyl (C=O) groups is 1. The lowest BCUT2D eigenvalue weighted by Crippen LogP contribution is -2.25. The first kappa shape index (κ1) is 13.2. The number of primary amides is 1. The number of hydrogen-bond acceptors (Lipinski definition) is 6. The number of carbonyl (C=O) groups excluding carboxylic acids is 1. The van der Waals surface area contributed by atoms with E-state index in [4.69, 9.17) is 17.3 Å². The summed E-state index contributed by atoms with van der Waals surface area (Å²) in [5.74, 6) is 0.144. The zero-order valence-corrected chi connectivity index (χ0v) is 10.9. The molecule has 1 amide bonds. The molecule has 19 heavy (non-hydrogen) atoms. The van der Waals surface area contributed by atoms with Crippen LogP contribution < -0.4 is 11.1 Å². The summed E-state index contributed by atoms with van der Waals surface area (Å²) in [5.41, 5.74) is 5.11. The van der Waals surface area contributed by atoms with Crippen molar-refractivity contribution >= 4 is 23.5 Å². The summed E-state index contributed by atoms with van der Waals surface area (Å²) in [7, 11) is 0. The minimum absolute atomic E-state index is 0.0364. The van der Waals surface area contributed by atoms with Gasteiger partial charge in [0, 0.05) is 24.9 Å². The molecule has 2 aromatic rings. The van der Waals surface area contributed by atoms with Gasteiger partial charge < -0.3 is 11.1 Å². The lowest BCUT2D eigenvalue weighted by Gasteiger charge is -2.12. The van der Waals surface area contributed by atoms with E-state index in [-0.39, 0.29) is 23.7 Å². The van der Waals surface area contributed by atoms with Gasteiger partial charge in [-0.05, 0) is 24.6 Å². The van der Waals surface area contributed by atoms with Crippen LogP contribution in [0.4, 0.5) is 5.95 Å². The Labute approximate surface area is 114 Å². The fourth-order valence-electron chi connectivity index (χ4n) is 1.47. The third kappa shape index (κ3) is 3.62. The van der Waals surface area contributed by atoms with E-state index >= 15 is 0 Å². The number of aromatic nitrogens is 5. The second kappa shape index (κ2) is 5.61. The van der Waals surface area contributed by atoms with Crippen molar-refractivity contribution in [1.82, 2.24) is 24.7 Å². The van der Waals surface area contributed by atoms with Gasteiger partial charge >= 0.3 is 0 Å². The standard InChI is InChI=1S/C10H12ClN7O/c1-6(5-7(12)19)14-9-15-8(11)16-10(17-9)18-4-2-3-13-18/h2-4,6H,5H2,1H3,(H2,12,19)(H,14,15,16,17). The molecule has 0 bridgehead atoms. The van der Waals surface area contributed by atoms with Gasteiger partial charge in [0.25, 0.3) is 5.95 Å². The van der Waals surface area contributed by atoms with E-state index in [1.807, 2.05) is 0 Å². The van der Waals surface area contributed by atoms with Crippen LogP contribution in [0, 0.1) is 0 Å². The van der Waals surface area contributed by atoms with Crippen molar-refractivity contribution in [2.24, 2.45) is 5.73 Å². The predicted octanol–water partition coefficient (Wildman–Crippen LogP) is 0.386. The van der Waals surface area contributed by atoms with Gasteiger partial charge in [-0.1, -0.05) is 0 Å². The number of nitrogens with one attached hydrogen (secondary N) is 1. The molecule has 1 atom stereocenters. The van der Waals surface area contributed by atoms with Crippen molar-refractivity contribution in [2.45, 2.75) is 19.4 Å². The van der Waals surface area contributed by atoms with Crippen LogP contribution in [0.1, 0.15) is 13.3 Å². The van der Waals surface area contributed by atoms with Crippen molar-refractivity contribution in [3.63, 3.8) is 0 Å². The van der Waals surface area contributed by atoms with E-state index in [1.54, 1.807) is 25.4 Å². The van der Waals surface area contributed by atoms with Gasteiger partial charge in [0.15, 0.2) is 0 Å². The zero-order chi connectivity index (χ0) is 13.8. The highest BCUT2D eigenvalue weighted by molar-refractivity contribution is 6.28. The molecule has 1 unspecified atom stereocenters. The van der Waals surface area contributed by atoms with Gasteiger partial charge in [0.05, 0.1) is 0 Å². The van der Waals surface area contributed by atoms with E-state index in [0.717, 1.165) is 0 Å². The average molecular weight is 282 g/mol. The maximum Gasteiger partial charge on any atom is 0.256 e. The number of amides is 1. The molecule has 2 heterocycles. The maximum atomic E-state index is 10.8. The Balaban J connectivity index is 2.20. The van der Waals surface area contributed by atoms with Crippen molar-refractivity contribution in [1.29, 1.82) is 0 Å². The first-order valence-corrected chi connectivity index (χ1v) is 5.89. The zero-order valence-electron chi connectivity index (χ0n) is 10.1. The summed E-state index contributed by atoms with van der Waals surface area (Å²) in [6.45, 7) is 1.79. The minimum atomic E-state index is -0.410. The fourth-order valence-corrected chi connectivity index (χ4v) is 1.62. The Morgan fingerprint density at radius 2 is 2.32 bits per heavy atom. The first-order valence-electron chi connectivity index (χ1n) is 5.51. The van der Waals surface area contributed by atoms with Crippen molar-refractivity contribution in [2.75, 3.05) is 5.32 Å². The molecule has 0 radical (unpaired) electrons. The number of halogens is 1. The van der Waals surface area contributed by atoms with E-state index in [2.05, 4.69) is 25.4 Å². The van der Waals surface area contributed by atoms with Gasteiger partial charge in [0.1, 0.15) is 0 Å². The summed E-state index contributed by atoms with van der Waals surface area (Å²) in [6.07, 6.45) is 3.45. The number of nitrogens with zero attached hydrogens (tertiary/aromatic N) is 5. The SMILES string of the molecule is CC(CC(N)=O)Nc1nc(Cl)nc(-n2cccn2)n1. The third-order valence-corrected chi connectivity index (χ3v) is 2.36. The van der Waals surface area contributed by atoms with Gasteiger partial charge in [0.2, 0.25) is 17.1 Å². The monoisotopic (exact) mass is 281 g/mol. The molecule has 0 aliphatic carbocycles. The highest BCUT2D eigenvalue weighted by Crippen LogP contribution is 2.10. The second-order valence-corrected chi connectivity index (χ2v) is 4.23. The maximum absolute atomic E-state index is 10.8. The Kier molecular flexibility index (Phi) is 3.91. The van der Waals surface area contributed by atoms with Gasteiger partial charge in [-0.25, -0.2) is 4.68 Å². The molecular formula is C10H12ClN7O. The largest absolute Gasteiger partial charge is 0.370 e. The quantitative estimate of drug-likeness (QED) is 0.820. The number of rotatable bonds is 5. The van der Waals surface area contributed by atoms with Crippen LogP contribution in [0.3, 0.4) is 0 Å². The fraction of sp³-hybridized carbons (Fsp3) is 0.300. The molecule has 9 heteroatoms. The molecule has 0 saturated heterocycles. The van der Waals surface area contributed by atoms with Crippen LogP contribution in [0.25, 0.3) is 5.95 Å². The van der Waals surface area contributed by atoms with Gasteiger partial charge in [-0.3, -0.25) is 4.79 Å². The lowest BCUT2D eigenvalue weighted by molar-refractivity contribution is -0.118. The molecular weight excluding hydrogens is 270 g/mol. The number of nitrogens with two attached hydrogens (primary N) is 1. The summed E-state index contributed by atoms with van der Waals surface area (Å²) in [4.78, 5) is 22.8. The molecule has 3 N–H and O–H groups in total. The van der Waals surface area contributed by atoms with E-state index in [1.165, 1.54) is 4.68 Å². The van der Waals surface area contributed by atoms with Crippen molar-refractivity contribution in [3.05, 3.63) is 23.7 Å². The molecule has 0 saturated carbocycles. The van der Waals surface area contributed by atoms with Crippen LogP contribution in [0.2, 0.25) is 5.28 Å². The van der Waals surface area contributed by atoms with E-state index in [9.17, 15) is 4.79 Å². The molecule has 0 aromatic carbocycles. The van der Waals surface area contributed by atoms with Gasteiger partial charge in [-0.15, -0.1) is 0 Å². The Morgan fingerprint density at radius 1 is 1.53 bits per heavy atom. The molecule has 8 nitrogen and oxygen atoms in total. The van der Waals surface area contributed by atoms with Crippen LogP contribution >= 0.6 is 11.6 Å². The average Bonchev–Trinajstić information content (AvgIpc) is 2.79. The summed E-state index contributed by atoms with van der Waals surface area (Å²) in [5, 5.41) is 6.96. The Morgan fingerprint density at radius 3 is 2.95 bits per heavy atom. The smallest absolute Gasteiger partial charge is 0.256 e. The first-order chi connectivity index (χ1) is 9.04. The highest BCUT2D eigenvalue weighted by Gasteiger charge is 2.11. The van der Waals surface area contributed by atoms with Crippen molar-refractivity contribution in [3.8, 4) is 5.95 Å². The topological polar surface area (TPSA) is 112 Å². The number of hydrogen-bond donors (Lipinski definition) is 2. The normalized spacial score (nSPS) is 12.1. The minimum Gasteiger partial charge on any atom is -0.370 e. The van der Waals surface area contributed by atoms with Crippen LogP contribution in [0.5, 0.6) is 0 Å². The molecule has 0 aliphatic heterocycles. The molecule has 100 valence electrons.